The van der Waals surface area contributed by atoms with Gasteiger partial charge >= 0.3 is 0 Å². The van der Waals surface area contributed by atoms with E-state index in [1.165, 1.54) is 0 Å². The number of pyridine rings is 1. The van der Waals surface area contributed by atoms with Crippen LogP contribution < -0.4 is 10.6 Å². The monoisotopic (exact) mass is 273 g/mol. The van der Waals surface area contributed by atoms with E-state index in [1.54, 1.807) is 11.8 Å². The Balaban J connectivity index is 1.91. The highest BCUT2D eigenvalue weighted by atomic mass is 32.2. The second-order valence-corrected chi connectivity index (χ2v) is 5.62. The van der Waals surface area contributed by atoms with Crippen LogP contribution in [0.15, 0.2) is 30.3 Å². The fourth-order valence-corrected chi connectivity index (χ4v) is 3.07. The number of benzene rings is 1. The summed E-state index contributed by atoms with van der Waals surface area (Å²) in [5.41, 5.74) is 2.58. The molecule has 1 aromatic heterocycles. The van der Waals surface area contributed by atoms with Gasteiger partial charge in [-0.3, -0.25) is 15.1 Å². The molecule has 0 spiro atoms. The molecule has 2 N–H and O–H groups in total. The van der Waals surface area contributed by atoms with Gasteiger partial charge in [-0.05, 0) is 19.1 Å². The number of hydrogen-bond acceptors (Lipinski definition) is 4. The molecule has 1 unspecified atom stereocenters. The van der Waals surface area contributed by atoms with Gasteiger partial charge in [0, 0.05) is 22.7 Å². The van der Waals surface area contributed by atoms with Crippen molar-refractivity contribution in [2.45, 2.75) is 13.0 Å². The normalized spacial score (nSPS) is 18.7. The van der Waals surface area contributed by atoms with E-state index >= 15 is 0 Å². The summed E-state index contributed by atoms with van der Waals surface area (Å²) in [6.07, 6.45) is 0. The Morgan fingerprint density at radius 1 is 1.42 bits per heavy atom. The number of rotatable bonds is 2. The van der Waals surface area contributed by atoms with Gasteiger partial charge in [0.15, 0.2) is 0 Å². The summed E-state index contributed by atoms with van der Waals surface area (Å²) in [5.74, 6) is 1.68. The maximum Gasteiger partial charge on any atom is 0.242 e. The van der Waals surface area contributed by atoms with E-state index < -0.39 is 0 Å². The van der Waals surface area contributed by atoms with Gasteiger partial charge < -0.3 is 5.32 Å². The number of aromatic nitrogens is 1. The molecule has 0 saturated carbocycles. The molecule has 1 aliphatic heterocycles. The molecule has 19 heavy (non-hydrogen) atoms. The first-order chi connectivity index (χ1) is 9.24. The fraction of sp³-hybridized carbons (Fsp3) is 0.286. The molecule has 0 aliphatic carbocycles. The molecule has 1 fully saturated rings. The van der Waals surface area contributed by atoms with Crippen molar-refractivity contribution in [2.75, 3.05) is 16.9 Å². The van der Waals surface area contributed by atoms with Crippen molar-refractivity contribution in [3.63, 3.8) is 0 Å². The predicted octanol–water partition coefficient (Wildman–Crippen LogP) is 2.14. The molecule has 2 heterocycles. The average molecular weight is 273 g/mol. The van der Waals surface area contributed by atoms with Crippen molar-refractivity contribution < 1.29 is 4.79 Å². The van der Waals surface area contributed by atoms with Crippen LogP contribution >= 0.6 is 11.8 Å². The summed E-state index contributed by atoms with van der Waals surface area (Å²) in [7, 11) is 0. The number of thioether (sulfide) groups is 1. The smallest absolute Gasteiger partial charge is 0.242 e. The van der Waals surface area contributed by atoms with E-state index in [0.29, 0.717) is 0 Å². The van der Waals surface area contributed by atoms with E-state index in [4.69, 9.17) is 0 Å². The number of amides is 1. The van der Waals surface area contributed by atoms with E-state index in [1.807, 2.05) is 37.3 Å². The summed E-state index contributed by atoms with van der Waals surface area (Å²) in [6.45, 7) is 1.95. The number of para-hydroxylation sites is 1. The molecule has 1 aliphatic rings. The van der Waals surface area contributed by atoms with Gasteiger partial charge in [-0.1, -0.05) is 18.2 Å². The average Bonchev–Trinajstić information content (AvgIpc) is 2.93. The Hall–Kier alpha value is -1.59. The summed E-state index contributed by atoms with van der Waals surface area (Å²) >= 11 is 1.74. The van der Waals surface area contributed by atoms with Gasteiger partial charge in [0.1, 0.15) is 0 Å². The van der Waals surface area contributed by atoms with Gasteiger partial charge in [0.25, 0.3) is 0 Å². The highest BCUT2D eigenvalue weighted by molar-refractivity contribution is 7.99. The number of carbonyl (C=O) groups excluding carboxylic acids is 1. The van der Waals surface area contributed by atoms with Crippen LogP contribution in [0.5, 0.6) is 0 Å². The lowest BCUT2D eigenvalue weighted by Gasteiger charge is -2.12. The van der Waals surface area contributed by atoms with Gasteiger partial charge in [-0.15, -0.1) is 11.8 Å². The van der Waals surface area contributed by atoms with Crippen LogP contribution in [0.25, 0.3) is 10.9 Å². The Bertz CT molecular complexity index is 623. The Morgan fingerprint density at radius 2 is 2.32 bits per heavy atom. The number of fused-ring (bicyclic) bond motifs is 1. The summed E-state index contributed by atoms with van der Waals surface area (Å²) in [4.78, 5) is 16.6. The highest BCUT2D eigenvalue weighted by Crippen LogP contribution is 2.22. The molecular formula is C14H15N3OS. The summed E-state index contributed by atoms with van der Waals surface area (Å²) in [5, 5.41) is 7.18. The third-order valence-electron chi connectivity index (χ3n) is 3.15. The first kappa shape index (κ1) is 12.4. The van der Waals surface area contributed by atoms with E-state index in [-0.39, 0.29) is 11.9 Å². The second-order valence-electron chi connectivity index (χ2n) is 4.59. The van der Waals surface area contributed by atoms with Crippen LogP contribution in [-0.2, 0) is 4.79 Å². The topological polar surface area (TPSA) is 54.0 Å². The van der Waals surface area contributed by atoms with Crippen LogP contribution in [0.1, 0.15) is 5.69 Å². The van der Waals surface area contributed by atoms with Crippen molar-refractivity contribution in [1.29, 1.82) is 0 Å². The van der Waals surface area contributed by atoms with Crippen molar-refractivity contribution >= 4 is 34.3 Å². The highest BCUT2D eigenvalue weighted by Gasteiger charge is 2.22. The van der Waals surface area contributed by atoms with E-state index in [0.717, 1.165) is 33.9 Å². The molecule has 1 saturated heterocycles. The Kier molecular flexibility index (Phi) is 3.40. The Labute approximate surface area is 116 Å². The van der Waals surface area contributed by atoms with Crippen LogP contribution in [0.3, 0.4) is 0 Å². The maximum absolute atomic E-state index is 12.1. The van der Waals surface area contributed by atoms with E-state index in [9.17, 15) is 4.79 Å². The third kappa shape index (κ3) is 2.57. The minimum absolute atomic E-state index is 0.0146. The number of anilines is 1. The van der Waals surface area contributed by atoms with Gasteiger partial charge in [-0.25, -0.2) is 0 Å². The van der Waals surface area contributed by atoms with Gasteiger partial charge in [0.05, 0.1) is 17.2 Å². The molecule has 5 heteroatoms. The molecule has 0 radical (unpaired) electrons. The minimum Gasteiger partial charge on any atom is -0.323 e. The molecule has 1 atom stereocenters. The van der Waals surface area contributed by atoms with Crippen LogP contribution in [0.2, 0.25) is 0 Å². The number of nitrogens with one attached hydrogen (secondary N) is 2. The van der Waals surface area contributed by atoms with E-state index in [2.05, 4.69) is 15.6 Å². The minimum atomic E-state index is -0.106. The van der Waals surface area contributed by atoms with Crippen LogP contribution in [-0.4, -0.2) is 28.6 Å². The number of hydrogen-bond donors (Lipinski definition) is 2. The molecule has 98 valence electrons. The zero-order valence-corrected chi connectivity index (χ0v) is 11.5. The number of nitrogens with zero attached hydrogens (tertiary/aromatic N) is 1. The number of aryl methyl sites for hydroxylation is 1. The Morgan fingerprint density at radius 3 is 3.11 bits per heavy atom. The largest absolute Gasteiger partial charge is 0.323 e. The first-order valence-corrected chi connectivity index (χ1v) is 7.38. The van der Waals surface area contributed by atoms with Crippen LogP contribution in [0, 0.1) is 6.92 Å². The maximum atomic E-state index is 12.1. The summed E-state index contributed by atoms with van der Waals surface area (Å²) in [6, 6.07) is 9.73. The standard InChI is InChI=1S/C14H15N3OS/c1-9-5-6-10-3-2-4-11(13(10)16-9)17-14(18)12-7-19-8-15-12/h2-6,12,15H,7-8H2,1H3,(H,17,18). The predicted molar refractivity (Wildman–Crippen MR) is 79.4 cm³/mol. The molecule has 3 rings (SSSR count). The molecule has 1 amide bonds. The van der Waals surface area contributed by atoms with Gasteiger partial charge in [-0.2, -0.15) is 0 Å². The molecular weight excluding hydrogens is 258 g/mol. The third-order valence-corrected chi connectivity index (χ3v) is 4.09. The lowest BCUT2D eigenvalue weighted by molar-refractivity contribution is -0.117. The SMILES string of the molecule is Cc1ccc2cccc(NC(=O)C3CSCN3)c2n1. The zero-order valence-electron chi connectivity index (χ0n) is 10.6. The molecule has 1 aromatic carbocycles. The molecule has 2 aromatic rings. The van der Waals surface area contributed by atoms with Crippen molar-refractivity contribution in [2.24, 2.45) is 0 Å². The lowest BCUT2D eigenvalue weighted by atomic mass is 10.1. The van der Waals surface area contributed by atoms with Crippen LogP contribution in [0.4, 0.5) is 5.69 Å². The van der Waals surface area contributed by atoms with Gasteiger partial charge in [0.2, 0.25) is 5.91 Å². The molecule has 0 bridgehead atoms. The quantitative estimate of drug-likeness (QED) is 0.880. The number of carbonyl (C=O) groups is 1. The second kappa shape index (κ2) is 5.19. The lowest BCUT2D eigenvalue weighted by Crippen LogP contribution is -2.37. The molecule has 4 nitrogen and oxygen atoms in total. The first-order valence-electron chi connectivity index (χ1n) is 6.22. The van der Waals surface area contributed by atoms with Crippen molar-refractivity contribution in [3.05, 3.63) is 36.0 Å². The van der Waals surface area contributed by atoms with Crippen molar-refractivity contribution in [3.8, 4) is 0 Å². The zero-order chi connectivity index (χ0) is 13.2. The summed E-state index contributed by atoms with van der Waals surface area (Å²) < 4.78 is 0. The fourth-order valence-electron chi connectivity index (χ4n) is 2.13. The van der Waals surface area contributed by atoms with Crippen molar-refractivity contribution in [1.82, 2.24) is 10.3 Å².